The van der Waals surface area contributed by atoms with E-state index >= 15 is 0 Å². The molecule has 0 bridgehead atoms. The van der Waals surface area contributed by atoms with Gasteiger partial charge >= 0.3 is 0 Å². The van der Waals surface area contributed by atoms with Crippen LogP contribution in [0.4, 0.5) is 5.69 Å². The first-order valence-corrected chi connectivity index (χ1v) is 10.6. The number of pyridine rings is 1. The standard InChI is InChI=1S/C23H24N4O2S/c1-13-6-7-14(2)19(10-13)24-22(28)16(4)30-23-26-25-21-11-15(3)18-9-8-17(29-5)12-20(18)27(21)23/h6-12,16H,1-5H3,(H,24,28). The number of fused-ring (bicyclic) bond motifs is 3. The Morgan fingerprint density at radius 3 is 2.63 bits per heavy atom. The first kappa shape index (κ1) is 20.2. The number of carbonyl (C=O) groups is 1. The van der Waals surface area contributed by atoms with Crippen LogP contribution in [0.2, 0.25) is 0 Å². The minimum absolute atomic E-state index is 0.0700. The van der Waals surface area contributed by atoms with Crippen molar-refractivity contribution >= 4 is 39.9 Å². The van der Waals surface area contributed by atoms with Gasteiger partial charge in [0.15, 0.2) is 10.8 Å². The lowest BCUT2D eigenvalue weighted by atomic mass is 10.1. The maximum Gasteiger partial charge on any atom is 0.237 e. The van der Waals surface area contributed by atoms with Gasteiger partial charge in [-0.1, -0.05) is 23.9 Å². The fourth-order valence-corrected chi connectivity index (χ4v) is 4.29. The highest BCUT2D eigenvalue weighted by atomic mass is 32.2. The van der Waals surface area contributed by atoms with E-state index < -0.39 is 0 Å². The zero-order valence-corrected chi connectivity index (χ0v) is 18.5. The van der Waals surface area contributed by atoms with Crippen LogP contribution in [-0.2, 0) is 4.79 Å². The van der Waals surface area contributed by atoms with Crippen LogP contribution in [0.25, 0.3) is 16.6 Å². The van der Waals surface area contributed by atoms with E-state index in [1.54, 1.807) is 7.11 Å². The third kappa shape index (κ3) is 3.73. The van der Waals surface area contributed by atoms with E-state index in [4.69, 9.17) is 4.74 Å². The predicted molar refractivity (Wildman–Crippen MR) is 122 cm³/mol. The number of anilines is 1. The van der Waals surface area contributed by atoms with Gasteiger partial charge in [0.05, 0.1) is 17.9 Å². The number of carbonyl (C=O) groups excluding carboxylic acids is 1. The molecule has 1 amide bonds. The summed E-state index contributed by atoms with van der Waals surface area (Å²) in [5.41, 5.74) is 5.80. The van der Waals surface area contributed by atoms with Crippen molar-refractivity contribution in [3.63, 3.8) is 0 Å². The maximum atomic E-state index is 12.8. The normalized spacial score (nSPS) is 12.3. The van der Waals surface area contributed by atoms with Gasteiger partial charge in [0.2, 0.25) is 5.91 Å². The lowest BCUT2D eigenvalue weighted by molar-refractivity contribution is -0.115. The van der Waals surface area contributed by atoms with Gasteiger partial charge in [0.1, 0.15) is 5.75 Å². The Morgan fingerprint density at radius 2 is 1.87 bits per heavy atom. The monoisotopic (exact) mass is 420 g/mol. The minimum Gasteiger partial charge on any atom is -0.497 e. The molecule has 0 spiro atoms. The SMILES string of the molecule is COc1ccc2c(C)cc3nnc(SC(C)C(=O)Nc4cc(C)ccc4C)n3c2c1. The minimum atomic E-state index is -0.348. The Kier molecular flexibility index (Phi) is 5.39. The number of thioether (sulfide) groups is 1. The molecule has 4 rings (SSSR count). The molecule has 7 heteroatoms. The Morgan fingerprint density at radius 1 is 1.07 bits per heavy atom. The number of methoxy groups -OCH3 is 1. The molecule has 0 aliphatic heterocycles. The Hall–Kier alpha value is -3.06. The molecule has 30 heavy (non-hydrogen) atoms. The number of rotatable bonds is 5. The van der Waals surface area contributed by atoms with E-state index in [-0.39, 0.29) is 11.2 Å². The van der Waals surface area contributed by atoms with Crippen molar-refractivity contribution in [1.82, 2.24) is 14.6 Å². The molecule has 2 heterocycles. The van der Waals surface area contributed by atoms with Gasteiger partial charge in [-0.25, -0.2) is 0 Å². The van der Waals surface area contributed by atoms with Crippen LogP contribution in [0.5, 0.6) is 5.75 Å². The zero-order chi connectivity index (χ0) is 21.4. The van der Waals surface area contributed by atoms with Gasteiger partial charge in [-0.2, -0.15) is 0 Å². The predicted octanol–water partition coefficient (Wildman–Crippen LogP) is 4.94. The van der Waals surface area contributed by atoms with E-state index in [0.717, 1.165) is 44.7 Å². The molecule has 0 radical (unpaired) electrons. The van der Waals surface area contributed by atoms with Crippen LogP contribution in [-0.4, -0.2) is 32.9 Å². The molecule has 1 atom stereocenters. The molecule has 0 aliphatic carbocycles. The quantitative estimate of drug-likeness (QED) is 0.463. The van der Waals surface area contributed by atoms with Gasteiger partial charge in [0, 0.05) is 17.1 Å². The average Bonchev–Trinajstić information content (AvgIpc) is 3.12. The number of ether oxygens (including phenoxy) is 1. The average molecular weight is 421 g/mol. The molecular formula is C23H24N4O2S. The first-order valence-electron chi connectivity index (χ1n) is 9.74. The largest absolute Gasteiger partial charge is 0.497 e. The molecular weight excluding hydrogens is 396 g/mol. The van der Waals surface area contributed by atoms with Gasteiger partial charge in [-0.15, -0.1) is 10.2 Å². The van der Waals surface area contributed by atoms with Crippen LogP contribution in [0.15, 0.2) is 47.6 Å². The lowest BCUT2D eigenvalue weighted by Crippen LogP contribution is -2.23. The summed E-state index contributed by atoms with van der Waals surface area (Å²) in [4.78, 5) is 12.8. The number of aromatic nitrogens is 3. The van der Waals surface area contributed by atoms with Crippen molar-refractivity contribution in [2.45, 2.75) is 38.1 Å². The van der Waals surface area contributed by atoms with Crippen molar-refractivity contribution < 1.29 is 9.53 Å². The summed E-state index contributed by atoms with van der Waals surface area (Å²) < 4.78 is 7.39. The maximum absolute atomic E-state index is 12.8. The highest BCUT2D eigenvalue weighted by Crippen LogP contribution is 2.30. The first-order chi connectivity index (χ1) is 14.4. The van der Waals surface area contributed by atoms with E-state index in [9.17, 15) is 4.79 Å². The number of amides is 1. The van der Waals surface area contributed by atoms with Crippen molar-refractivity contribution in [3.05, 3.63) is 59.2 Å². The number of benzene rings is 2. The number of hydrogen-bond acceptors (Lipinski definition) is 5. The Labute approximate surface area is 179 Å². The number of nitrogens with zero attached hydrogens (tertiary/aromatic N) is 3. The van der Waals surface area contributed by atoms with Gasteiger partial charge in [-0.3, -0.25) is 9.20 Å². The van der Waals surface area contributed by atoms with Crippen molar-refractivity contribution in [2.75, 3.05) is 12.4 Å². The van der Waals surface area contributed by atoms with Crippen molar-refractivity contribution in [1.29, 1.82) is 0 Å². The lowest BCUT2D eigenvalue weighted by Gasteiger charge is -2.14. The van der Waals surface area contributed by atoms with Gasteiger partial charge in [0.25, 0.3) is 0 Å². The molecule has 0 fully saturated rings. The zero-order valence-electron chi connectivity index (χ0n) is 17.7. The molecule has 4 aromatic rings. The molecule has 2 aromatic heterocycles. The fourth-order valence-electron chi connectivity index (χ4n) is 3.42. The Bertz CT molecular complexity index is 1270. The van der Waals surface area contributed by atoms with E-state index in [1.807, 2.05) is 67.6 Å². The van der Waals surface area contributed by atoms with Crippen molar-refractivity contribution in [3.8, 4) is 5.75 Å². The van der Waals surface area contributed by atoms with Crippen LogP contribution in [0.1, 0.15) is 23.6 Å². The molecule has 0 saturated heterocycles. The number of hydrogen-bond donors (Lipinski definition) is 1. The number of aryl methyl sites for hydroxylation is 3. The van der Waals surface area contributed by atoms with Crippen LogP contribution in [0, 0.1) is 20.8 Å². The van der Waals surface area contributed by atoms with Gasteiger partial charge in [-0.05, 0) is 68.7 Å². The third-order valence-corrected chi connectivity index (χ3v) is 6.22. The van der Waals surface area contributed by atoms with Crippen LogP contribution in [0.3, 0.4) is 0 Å². The van der Waals surface area contributed by atoms with E-state index in [1.165, 1.54) is 11.8 Å². The summed E-state index contributed by atoms with van der Waals surface area (Å²) in [5, 5.41) is 13.1. The second kappa shape index (κ2) is 7.99. The molecule has 2 aromatic carbocycles. The molecule has 154 valence electrons. The summed E-state index contributed by atoms with van der Waals surface area (Å²) in [7, 11) is 1.65. The second-order valence-corrected chi connectivity index (χ2v) is 8.76. The summed E-state index contributed by atoms with van der Waals surface area (Å²) >= 11 is 1.39. The van der Waals surface area contributed by atoms with E-state index in [2.05, 4.69) is 22.4 Å². The summed E-state index contributed by atoms with van der Waals surface area (Å²) in [5.74, 6) is 0.694. The summed E-state index contributed by atoms with van der Waals surface area (Å²) in [6, 6.07) is 14.0. The molecule has 0 saturated carbocycles. The van der Waals surface area contributed by atoms with Crippen molar-refractivity contribution in [2.24, 2.45) is 0 Å². The van der Waals surface area contributed by atoms with Crippen LogP contribution >= 0.6 is 11.8 Å². The second-order valence-electron chi connectivity index (χ2n) is 7.45. The van der Waals surface area contributed by atoms with Gasteiger partial charge < -0.3 is 10.1 Å². The highest BCUT2D eigenvalue weighted by Gasteiger charge is 2.20. The highest BCUT2D eigenvalue weighted by molar-refractivity contribution is 8.00. The smallest absolute Gasteiger partial charge is 0.237 e. The fraction of sp³-hybridized carbons (Fsp3) is 0.261. The topological polar surface area (TPSA) is 68.5 Å². The molecule has 1 N–H and O–H groups in total. The molecule has 1 unspecified atom stereocenters. The third-order valence-electron chi connectivity index (χ3n) is 5.18. The molecule has 6 nitrogen and oxygen atoms in total. The summed E-state index contributed by atoms with van der Waals surface area (Å²) in [6.07, 6.45) is 0. The summed E-state index contributed by atoms with van der Waals surface area (Å²) in [6.45, 7) is 7.93. The Balaban J connectivity index is 1.67. The molecule has 0 aliphatic rings. The van der Waals surface area contributed by atoms with Crippen LogP contribution < -0.4 is 10.1 Å². The van der Waals surface area contributed by atoms with E-state index in [0.29, 0.717) is 5.16 Å². The number of nitrogens with one attached hydrogen (secondary N) is 1.